The lowest BCUT2D eigenvalue weighted by Gasteiger charge is -2.28. The monoisotopic (exact) mass is 227 g/mol. The van der Waals surface area contributed by atoms with Crippen molar-refractivity contribution in [2.45, 2.75) is 46.6 Å². The Kier molecular flexibility index (Phi) is 3.94. The molecule has 1 heterocycles. The Morgan fingerprint density at radius 3 is 2.56 bits per heavy atom. The summed E-state index contributed by atoms with van der Waals surface area (Å²) >= 11 is 0. The number of esters is 1. The molecule has 1 aliphatic rings. The number of hydrogen-bond acceptors (Lipinski definition) is 4. The van der Waals surface area contributed by atoms with Crippen molar-refractivity contribution in [3.63, 3.8) is 0 Å². The molecular weight excluding hydrogens is 206 g/mol. The molecule has 0 saturated carbocycles. The number of hydrogen-bond donors (Lipinski definition) is 0. The van der Waals surface area contributed by atoms with E-state index in [0.29, 0.717) is 13.0 Å². The van der Waals surface area contributed by atoms with Crippen molar-refractivity contribution >= 4 is 11.7 Å². The summed E-state index contributed by atoms with van der Waals surface area (Å²) < 4.78 is 5.08. The topological polar surface area (TPSA) is 47.9 Å². The molecule has 4 heteroatoms. The zero-order chi connectivity index (χ0) is 12.3. The summed E-state index contributed by atoms with van der Waals surface area (Å²) in [5.74, 6) is -0.0289. The molecule has 2 unspecified atom stereocenters. The van der Waals surface area contributed by atoms with Gasteiger partial charge in [-0.05, 0) is 19.3 Å². The number of oxime groups is 1. The number of rotatable bonds is 4. The summed E-state index contributed by atoms with van der Waals surface area (Å²) in [7, 11) is 0. The number of nitrogens with zero attached hydrogens (tertiary/aromatic N) is 1. The van der Waals surface area contributed by atoms with Gasteiger partial charge in [0.1, 0.15) is 0 Å². The molecule has 0 aromatic carbocycles. The van der Waals surface area contributed by atoms with Gasteiger partial charge in [0.25, 0.3) is 0 Å². The van der Waals surface area contributed by atoms with E-state index in [2.05, 4.69) is 19.0 Å². The molecule has 0 radical (unpaired) electrons. The molecule has 0 aromatic heterocycles. The Balaban J connectivity index is 2.90. The van der Waals surface area contributed by atoms with E-state index < -0.39 is 5.60 Å². The van der Waals surface area contributed by atoms with Crippen molar-refractivity contribution in [2.75, 3.05) is 6.61 Å². The van der Waals surface area contributed by atoms with E-state index in [1.807, 2.05) is 13.8 Å². The lowest BCUT2D eigenvalue weighted by Crippen LogP contribution is -2.46. The summed E-state index contributed by atoms with van der Waals surface area (Å²) in [5.41, 5.74) is 0.0326. The maximum Gasteiger partial charge on any atom is 0.354 e. The molecule has 0 aromatic rings. The van der Waals surface area contributed by atoms with Crippen LogP contribution in [0.2, 0.25) is 0 Å². The highest BCUT2D eigenvalue weighted by atomic mass is 16.7. The fraction of sp³-hybridized carbons (Fsp3) is 0.833. The third-order valence-corrected chi connectivity index (χ3v) is 3.19. The molecule has 2 atom stereocenters. The van der Waals surface area contributed by atoms with E-state index in [0.717, 1.165) is 5.71 Å². The van der Waals surface area contributed by atoms with Crippen LogP contribution in [0.15, 0.2) is 5.16 Å². The standard InChI is InChI=1S/C12H21NO3/c1-6-12(11(14)15-7-2)9(5)10(8(3)4)13-16-12/h8-9H,6-7H2,1-5H3. The van der Waals surface area contributed by atoms with Crippen LogP contribution in [0.25, 0.3) is 0 Å². The van der Waals surface area contributed by atoms with Gasteiger partial charge in [-0.15, -0.1) is 0 Å². The molecule has 0 bridgehead atoms. The minimum Gasteiger partial charge on any atom is -0.463 e. The summed E-state index contributed by atoms with van der Waals surface area (Å²) in [6.45, 7) is 10.2. The summed E-state index contributed by atoms with van der Waals surface area (Å²) in [6.07, 6.45) is 0.576. The molecule has 16 heavy (non-hydrogen) atoms. The van der Waals surface area contributed by atoms with Gasteiger partial charge < -0.3 is 9.57 Å². The zero-order valence-corrected chi connectivity index (χ0v) is 10.7. The van der Waals surface area contributed by atoms with Crippen LogP contribution in [0.4, 0.5) is 0 Å². The molecule has 4 nitrogen and oxygen atoms in total. The first-order valence-electron chi connectivity index (χ1n) is 5.92. The zero-order valence-electron chi connectivity index (χ0n) is 10.7. The van der Waals surface area contributed by atoms with Crippen LogP contribution in [-0.2, 0) is 14.4 Å². The average molecular weight is 227 g/mol. The molecule has 92 valence electrons. The minimum absolute atomic E-state index is 0.0171. The van der Waals surface area contributed by atoms with Crippen LogP contribution in [0.1, 0.15) is 41.0 Å². The maximum atomic E-state index is 12.0. The summed E-state index contributed by atoms with van der Waals surface area (Å²) in [5, 5.41) is 4.06. The maximum absolute atomic E-state index is 12.0. The molecule has 0 amide bonds. The van der Waals surface area contributed by atoms with E-state index in [9.17, 15) is 4.79 Å². The van der Waals surface area contributed by atoms with Crippen LogP contribution in [0, 0.1) is 11.8 Å². The van der Waals surface area contributed by atoms with Crippen LogP contribution in [0.3, 0.4) is 0 Å². The van der Waals surface area contributed by atoms with Crippen molar-refractivity contribution in [3.8, 4) is 0 Å². The molecule has 1 aliphatic heterocycles. The Morgan fingerprint density at radius 2 is 2.19 bits per heavy atom. The van der Waals surface area contributed by atoms with Crippen molar-refractivity contribution < 1.29 is 14.4 Å². The van der Waals surface area contributed by atoms with Gasteiger partial charge in [0.15, 0.2) is 0 Å². The van der Waals surface area contributed by atoms with Crippen molar-refractivity contribution in [3.05, 3.63) is 0 Å². The first kappa shape index (κ1) is 13.0. The molecule has 0 spiro atoms. The van der Waals surface area contributed by atoms with Gasteiger partial charge in [0.05, 0.1) is 18.2 Å². The van der Waals surface area contributed by atoms with Gasteiger partial charge in [0.2, 0.25) is 5.60 Å². The van der Waals surface area contributed by atoms with Crippen molar-refractivity contribution in [1.82, 2.24) is 0 Å². The van der Waals surface area contributed by atoms with E-state index >= 15 is 0 Å². The van der Waals surface area contributed by atoms with Gasteiger partial charge in [-0.2, -0.15) is 0 Å². The molecule has 1 rings (SSSR count). The number of carbonyl (C=O) groups is 1. The van der Waals surface area contributed by atoms with Crippen LogP contribution in [-0.4, -0.2) is 23.9 Å². The lowest BCUT2D eigenvalue weighted by molar-refractivity contribution is -0.173. The normalized spacial score (nSPS) is 28.9. The van der Waals surface area contributed by atoms with E-state index in [1.165, 1.54) is 0 Å². The van der Waals surface area contributed by atoms with E-state index in [1.54, 1.807) is 6.92 Å². The molecular formula is C12H21NO3. The fourth-order valence-corrected chi connectivity index (χ4v) is 2.12. The van der Waals surface area contributed by atoms with Gasteiger partial charge in [-0.25, -0.2) is 4.79 Å². The Bertz CT molecular complexity index is 299. The van der Waals surface area contributed by atoms with Crippen LogP contribution < -0.4 is 0 Å². The van der Waals surface area contributed by atoms with Crippen LogP contribution in [0.5, 0.6) is 0 Å². The number of ether oxygens (including phenoxy) is 1. The second kappa shape index (κ2) is 4.85. The van der Waals surface area contributed by atoms with Crippen LogP contribution >= 0.6 is 0 Å². The van der Waals surface area contributed by atoms with E-state index in [4.69, 9.17) is 9.57 Å². The van der Waals surface area contributed by atoms with Gasteiger partial charge in [0, 0.05) is 0 Å². The summed E-state index contributed by atoms with van der Waals surface area (Å²) in [6, 6.07) is 0. The molecule has 0 aliphatic carbocycles. The average Bonchev–Trinajstić information content (AvgIpc) is 2.57. The molecule has 0 saturated heterocycles. The molecule has 0 fully saturated rings. The number of carbonyl (C=O) groups excluding carboxylic acids is 1. The van der Waals surface area contributed by atoms with Gasteiger partial charge >= 0.3 is 5.97 Å². The summed E-state index contributed by atoms with van der Waals surface area (Å²) in [4.78, 5) is 17.4. The fourth-order valence-electron chi connectivity index (χ4n) is 2.12. The predicted molar refractivity (Wildman–Crippen MR) is 62.2 cm³/mol. The highest BCUT2D eigenvalue weighted by Crippen LogP contribution is 2.36. The van der Waals surface area contributed by atoms with Crippen molar-refractivity contribution in [2.24, 2.45) is 17.0 Å². The highest BCUT2D eigenvalue weighted by molar-refractivity contribution is 5.96. The van der Waals surface area contributed by atoms with E-state index in [-0.39, 0.29) is 17.8 Å². The SMILES string of the molecule is CCOC(=O)C1(CC)ON=C(C(C)C)C1C. The minimum atomic E-state index is -0.907. The molecule has 0 N–H and O–H groups in total. The van der Waals surface area contributed by atoms with Crippen molar-refractivity contribution in [1.29, 1.82) is 0 Å². The Hall–Kier alpha value is -1.06. The first-order valence-corrected chi connectivity index (χ1v) is 5.92. The lowest BCUT2D eigenvalue weighted by atomic mass is 9.80. The Labute approximate surface area is 97.0 Å². The highest BCUT2D eigenvalue weighted by Gasteiger charge is 2.52. The predicted octanol–water partition coefficient (Wildman–Crippen LogP) is 2.38. The largest absolute Gasteiger partial charge is 0.463 e. The third-order valence-electron chi connectivity index (χ3n) is 3.19. The Morgan fingerprint density at radius 1 is 1.56 bits per heavy atom. The third kappa shape index (κ3) is 1.93. The quantitative estimate of drug-likeness (QED) is 0.693. The van der Waals surface area contributed by atoms with Gasteiger partial charge in [-0.1, -0.05) is 32.9 Å². The second-order valence-corrected chi connectivity index (χ2v) is 4.45. The van der Waals surface area contributed by atoms with Gasteiger partial charge in [-0.3, -0.25) is 0 Å². The first-order chi connectivity index (χ1) is 7.49. The smallest absolute Gasteiger partial charge is 0.354 e. The second-order valence-electron chi connectivity index (χ2n) is 4.45.